The van der Waals surface area contributed by atoms with Gasteiger partial charge in [-0.3, -0.25) is 4.98 Å². The topological polar surface area (TPSA) is 81.4 Å². The molecule has 0 amide bonds. The fourth-order valence-corrected chi connectivity index (χ4v) is 3.47. The lowest BCUT2D eigenvalue weighted by Gasteiger charge is -2.11. The zero-order chi connectivity index (χ0) is 17.7. The van der Waals surface area contributed by atoms with Gasteiger partial charge in [-0.1, -0.05) is 18.2 Å². The number of aromatic nitrogens is 1. The molecule has 6 nitrogen and oxygen atoms in total. The molecule has 1 N–H and O–H groups in total. The number of hydrogen-bond donors (Lipinski definition) is 1. The van der Waals surface area contributed by atoms with Crippen molar-refractivity contribution in [1.29, 1.82) is 0 Å². The normalized spacial score (nSPS) is 11.4. The van der Waals surface area contributed by atoms with Gasteiger partial charge >= 0.3 is 0 Å². The van der Waals surface area contributed by atoms with Crippen LogP contribution in [0, 0.1) is 0 Å². The van der Waals surface area contributed by atoms with Crippen LogP contribution >= 0.6 is 0 Å². The first kappa shape index (κ1) is 17.2. The maximum absolute atomic E-state index is 12.5. The lowest BCUT2D eigenvalue weighted by molar-refractivity contribution is 0.331. The fourth-order valence-electron chi connectivity index (χ4n) is 2.31. The molecule has 2 heterocycles. The zero-order valence-corrected chi connectivity index (χ0v) is 14.5. The molecule has 130 valence electrons. The Labute approximate surface area is 146 Å². The maximum Gasteiger partial charge on any atom is 0.244 e. The van der Waals surface area contributed by atoms with Gasteiger partial charge in [-0.05, 0) is 36.8 Å². The Morgan fingerprint density at radius 2 is 2.00 bits per heavy atom. The van der Waals surface area contributed by atoms with E-state index in [9.17, 15) is 8.42 Å². The molecule has 0 bridgehead atoms. The second-order valence-electron chi connectivity index (χ2n) is 5.27. The number of ether oxygens (including phenoxy) is 1. The zero-order valence-electron chi connectivity index (χ0n) is 13.7. The summed E-state index contributed by atoms with van der Waals surface area (Å²) in [7, 11) is -3.68. The van der Waals surface area contributed by atoms with Gasteiger partial charge in [0.2, 0.25) is 10.0 Å². The van der Waals surface area contributed by atoms with Crippen LogP contribution in [0.1, 0.15) is 12.5 Å². The summed E-state index contributed by atoms with van der Waals surface area (Å²) in [4.78, 5) is 4.45. The van der Waals surface area contributed by atoms with Crippen molar-refractivity contribution in [3.63, 3.8) is 0 Å². The van der Waals surface area contributed by atoms with E-state index >= 15 is 0 Å². The molecule has 0 spiro atoms. The van der Waals surface area contributed by atoms with Crippen LogP contribution in [0.25, 0.3) is 11.3 Å². The van der Waals surface area contributed by atoms with Crippen LogP contribution in [0.3, 0.4) is 0 Å². The predicted molar refractivity (Wildman–Crippen MR) is 93.6 cm³/mol. The Kier molecular flexibility index (Phi) is 5.16. The highest BCUT2D eigenvalue weighted by Gasteiger charge is 2.18. The Morgan fingerprint density at radius 3 is 2.68 bits per heavy atom. The summed E-state index contributed by atoms with van der Waals surface area (Å²) < 4.78 is 38.1. The van der Waals surface area contributed by atoms with Gasteiger partial charge in [-0.15, -0.1) is 0 Å². The molecule has 2 aromatic heterocycles. The van der Waals surface area contributed by atoms with Gasteiger partial charge in [0, 0.05) is 18.3 Å². The van der Waals surface area contributed by atoms with E-state index in [4.69, 9.17) is 9.15 Å². The summed E-state index contributed by atoms with van der Waals surface area (Å²) in [5, 5.41) is 0. The molecule has 0 fully saturated rings. The number of rotatable bonds is 7. The number of nitrogens with zero attached hydrogens (tertiary/aromatic N) is 1. The van der Waals surface area contributed by atoms with Gasteiger partial charge in [0.25, 0.3) is 0 Å². The third-order valence-corrected chi connectivity index (χ3v) is 4.99. The Bertz CT molecular complexity index is 920. The number of para-hydroxylation sites is 1. The number of benzene rings is 1. The average molecular weight is 358 g/mol. The summed E-state index contributed by atoms with van der Waals surface area (Å²) in [5.41, 5.74) is 2.39. The molecule has 0 atom stereocenters. The molecule has 3 aromatic rings. The van der Waals surface area contributed by atoms with Crippen molar-refractivity contribution in [1.82, 2.24) is 9.71 Å². The molecular formula is C18H18N2O4S. The molecule has 0 saturated heterocycles. The van der Waals surface area contributed by atoms with E-state index in [0.29, 0.717) is 12.4 Å². The molecule has 0 aliphatic carbocycles. The van der Waals surface area contributed by atoms with Crippen molar-refractivity contribution in [2.24, 2.45) is 0 Å². The molecule has 3 rings (SSSR count). The highest BCUT2D eigenvalue weighted by Crippen LogP contribution is 2.23. The third-order valence-electron chi connectivity index (χ3n) is 3.55. The minimum absolute atomic E-state index is 0.125. The maximum atomic E-state index is 12.5. The molecule has 0 aliphatic heterocycles. The van der Waals surface area contributed by atoms with Crippen molar-refractivity contribution in [3.8, 4) is 17.0 Å². The van der Waals surface area contributed by atoms with E-state index < -0.39 is 10.0 Å². The van der Waals surface area contributed by atoms with Crippen LogP contribution in [0.4, 0.5) is 0 Å². The average Bonchev–Trinajstić information content (AvgIpc) is 3.16. The van der Waals surface area contributed by atoms with Crippen molar-refractivity contribution >= 4 is 10.0 Å². The van der Waals surface area contributed by atoms with Gasteiger partial charge in [0.15, 0.2) is 0 Å². The standard InChI is InChI=1S/C18H18N2O4S/c1-2-24-17-5-3-4-6-18(17)25(21,22)20-12-14-7-8-16(19-11-14)15-9-10-23-13-15/h3-11,13,20H,2,12H2,1H3. The largest absolute Gasteiger partial charge is 0.492 e. The number of nitrogens with one attached hydrogen (secondary N) is 1. The van der Waals surface area contributed by atoms with Crippen LogP contribution in [-0.4, -0.2) is 20.0 Å². The number of pyridine rings is 1. The SMILES string of the molecule is CCOc1ccccc1S(=O)(=O)NCc1ccc(-c2ccoc2)nc1. The third kappa shape index (κ3) is 4.07. The van der Waals surface area contributed by atoms with E-state index in [1.54, 1.807) is 36.9 Å². The Balaban J connectivity index is 1.72. The summed E-state index contributed by atoms with van der Waals surface area (Å²) in [5.74, 6) is 0.339. The summed E-state index contributed by atoms with van der Waals surface area (Å²) >= 11 is 0. The lowest BCUT2D eigenvalue weighted by atomic mass is 10.2. The van der Waals surface area contributed by atoms with Crippen LogP contribution in [0.15, 0.2) is 70.5 Å². The summed E-state index contributed by atoms with van der Waals surface area (Å²) in [6, 6.07) is 12.0. The number of sulfonamides is 1. The second kappa shape index (κ2) is 7.50. The van der Waals surface area contributed by atoms with Gasteiger partial charge in [-0.25, -0.2) is 13.1 Å². The van der Waals surface area contributed by atoms with Gasteiger partial charge in [-0.2, -0.15) is 0 Å². The highest BCUT2D eigenvalue weighted by atomic mass is 32.2. The van der Waals surface area contributed by atoms with Crippen molar-refractivity contribution in [2.75, 3.05) is 6.61 Å². The van der Waals surface area contributed by atoms with E-state index in [0.717, 1.165) is 16.8 Å². The van der Waals surface area contributed by atoms with E-state index in [2.05, 4.69) is 9.71 Å². The molecule has 25 heavy (non-hydrogen) atoms. The van der Waals surface area contributed by atoms with Crippen molar-refractivity contribution in [3.05, 3.63) is 66.8 Å². The smallest absolute Gasteiger partial charge is 0.244 e. The lowest BCUT2D eigenvalue weighted by Crippen LogP contribution is -2.24. The number of hydrogen-bond acceptors (Lipinski definition) is 5. The minimum atomic E-state index is -3.68. The van der Waals surface area contributed by atoms with E-state index in [-0.39, 0.29) is 11.4 Å². The quantitative estimate of drug-likeness (QED) is 0.701. The van der Waals surface area contributed by atoms with Gasteiger partial charge < -0.3 is 9.15 Å². The van der Waals surface area contributed by atoms with Crippen LogP contribution in [0.2, 0.25) is 0 Å². The minimum Gasteiger partial charge on any atom is -0.492 e. The Hall–Kier alpha value is -2.64. The second-order valence-corrected chi connectivity index (χ2v) is 7.00. The van der Waals surface area contributed by atoms with Crippen LogP contribution in [-0.2, 0) is 16.6 Å². The monoisotopic (exact) mass is 358 g/mol. The molecular weight excluding hydrogens is 340 g/mol. The van der Waals surface area contributed by atoms with Crippen LogP contribution in [0.5, 0.6) is 5.75 Å². The molecule has 1 aromatic carbocycles. The highest BCUT2D eigenvalue weighted by molar-refractivity contribution is 7.89. The van der Waals surface area contributed by atoms with E-state index in [1.165, 1.54) is 6.07 Å². The molecule has 0 aliphatic rings. The van der Waals surface area contributed by atoms with E-state index in [1.807, 2.05) is 25.1 Å². The fraction of sp³-hybridized carbons (Fsp3) is 0.167. The van der Waals surface area contributed by atoms with Crippen LogP contribution < -0.4 is 9.46 Å². The Morgan fingerprint density at radius 1 is 1.16 bits per heavy atom. The molecule has 0 saturated carbocycles. The van der Waals surface area contributed by atoms with Crippen molar-refractivity contribution < 1.29 is 17.6 Å². The van der Waals surface area contributed by atoms with Gasteiger partial charge in [0.1, 0.15) is 10.6 Å². The summed E-state index contributed by atoms with van der Waals surface area (Å²) in [6.07, 6.45) is 4.82. The summed E-state index contributed by atoms with van der Waals surface area (Å²) in [6.45, 7) is 2.34. The first-order chi connectivity index (χ1) is 12.1. The van der Waals surface area contributed by atoms with Crippen molar-refractivity contribution in [2.45, 2.75) is 18.4 Å². The molecule has 0 unspecified atom stereocenters. The van der Waals surface area contributed by atoms with Gasteiger partial charge in [0.05, 0.1) is 24.8 Å². The predicted octanol–water partition coefficient (Wildman–Crippen LogP) is 3.22. The first-order valence-electron chi connectivity index (χ1n) is 7.79. The molecule has 7 heteroatoms. The first-order valence-corrected chi connectivity index (χ1v) is 9.27. The number of furan rings is 1. The molecule has 0 radical (unpaired) electrons.